The molecule has 0 saturated heterocycles. The van der Waals surface area contributed by atoms with E-state index in [1.54, 1.807) is 12.1 Å². The number of hydrogen-bond donors (Lipinski definition) is 1. The number of halogens is 2. The van der Waals surface area contributed by atoms with E-state index in [0.717, 1.165) is 12.1 Å². The van der Waals surface area contributed by atoms with Crippen molar-refractivity contribution in [2.45, 2.75) is 6.61 Å². The molecule has 0 fully saturated rings. The maximum absolute atomic E-state index is 13.4. The molecule has 6 heteroatoms. The molecule has 0 saturated carbocycles. The first kappa shape index (κ1) is 14.8. The topological polar surface area (TPSA) is 61.5 Å². The lowest BCUT2D eigenvalue weighted by Crippen LogP contribution is -2.10. The van der Waals surface area contributed by atoms with Crippen LogP contribution in [0.2, 0.25) is 0 Å². The number of nitrogen functional groups attached to an aromatic ring is 1. The molecule has 0 atom stereocenters. The average molecular weight is 293 g/mol. The van der Waals surface area contributed by atoms with Crippen molar-refractivity contribution >= 4 is 11.7 Å². The average Bonchev–Trinajstić information content (AvgIpc) is 2.46. The predicted molar refractivity (Wildman–Crippen MR) is 72.9 cm³/mol. The van der Waals surface area contributed by atoms with Crippen molar-refractivity contribution in [1.29, 1.82) is 0 Å². The van der Waals surface area contributed by atoms with Crippen LogP contribution in [0.25, 0.3) is 0 Å². The summed E-state index contributed by atoms with van der Waals surface area (Å²) in [5.41, 5.74) is 5.72. The van der Waals surface area contributed by atoms with Gasteiger partial charge in [-0.2, -0.15) is 0 Å². The van der Waals surface area contributed by atoms with Gasteiger partial charge >= 0.3 is 5.97 Å². The van der Waals surface area contributed by atoms with Gasteiger partial charge < -0.3 is 15.2 Å². The van der Waals surface area contributed by atoms with Crippen molar-refractivity contribution in [1.82, 2.24) is 0 Å². The van der Waals surface area contributed by atoms with E-state index in [1.165, 1.54) is 19.2 Å². The minimum Gasteiger partial charge on any atom is -0.494 e. The van der Waals surface area contributed by atoms with Gasteiger partial charge in [0, 0.05) is 0 Å². The van der Waals surface area contributed by atoms with Crippen molar-refractivity contribution in [3.05, 3.63) is 59.2 Å². The largest absolute Gasteiger partial charge is 0.494 e. The molecule has 0 heterocycles. The first-order chi connectivity index (χ1) is 10.0. The number of rotatable bonds is 4. The van der Waals surface area contributed by atoms with Gasteiger partial charge in [-0.3, -0.25) is 0 Å². The molecule has 0 unspecified atom stereocenters. The maximum atomic E-state index is 13.4. The molecule has 0 bridgehead atoms. The van der Waals surface area contributed by atoms with Crippen molar-refractivity contribution in [3.63, 3.8) is 0 Å². The minimum atomic E-state index is -0.776. The van der Waals surface area contributed by atoms with Gasteiger partial charge in [-0.05, 0) is 24.3 Å². The van der Waals surface area contributed by atoms with E-state index in [-0.39, 0.29) is 22.6 Å². The first-order valence-corrected chi connectivity index (χ1v) is 6.07. The molecule has 0 radical (unpaired) electrons. The summed E-state index contributed by atoms with van der Waals surface area (Å²) < 4.78 is 36.8. The van der Waals surface area contributed by atoms with E-state index in [1.807, 2.05) is 0 Å². The van der Waals surface area contributed by atoms with Gasteiger partial charge in [0.15, 0.2) is 5.75 Å². The van der Waals surface area contributed by atoms with Gasteiger partial charge in [-0.15, -0.1) is 0 Å². The fourth-order valence-electron chi connectivity index (χ4n) is 1.83. The van der Waals surface area contributed by atoms with Crippen LogP contribution in [-0.4, -0.2) is 13.1 Å². The molecule has 110 valence electrons. The summed E-state index contributed by atoms with van der Waals surface area (Å²) in [6, 6.07) is 7.98. The van der Waals surface area contributed by atoms with Crippen LogP contribution in [0, 0.1) is 11.6 Å². The van der Waals surface area contributed by atoms with Crippen LogP contribution in [0.5, 0.6) is 5.75 Å². The Kier molecular flexibility index (Phi) is 4.37. The monoisotopic (exact) mass is 293 g/mol. The molecule has 0 aliphatic heterocycles. The highest BCUT2D eigenvalue weighted by Gasteiger charge is 2.17. The van der Waals surface area contributed by atoms with E-state index in [9.17, 15) is 13.6 Å². The number of carbonyl (C=O) groups excluding carboxylic acids is 1. The van der Waals surface area contributed by atoms with Gasteiger partial charge in [0.2, 0.25) is 0 Å². The molecule has 0 aliphatic carbocycles. The fourth-order valence-corrected chi connectivity index (χ4v) is 1.83. The zero-order chi connectivity index (χ0) is 15.4. The number of para-hydroxylation sites is 1. The van der Waals surface area contributed by atoms with E-state index >= 15 is 0 Å². The number of carbonyl (C=O) groups is 1. The van der Waals surface area contributed by atoms with E-state index < -0.39 is 24.2 Å². The molecular weight excluding hydrogens is 280 g/mol. The molecule has 2 N–H and O–H groups in total. The molecule has 2 aromatic rings. The van der Waals surface area contributed by atoms with Crippen LogP contribution in [0.3, 0.4) is 0 Å². The summed E-state index contributed by atoms with van der Waals surface area (Å²) in [7, 11) is 1.36. The SMILES string of the molecule is COc1c(N)cccc1C(=O)OCc1c(F)cccc1F. The molecule has 0 aromatic heterocycles. The van der Waals surface area contributed by atoms with Gasteiger partial charge in [0.05, 0.1) is 18.4 Å². The summed E-state index contributed by atoms with van der Waals surface area (Å²) in [6.45, 7) is -0.519. The zero-order valence-corrected chi connectivity index (χ0v) is 11.2. The maximum Gasteiger partial charge on any atom is 0.342 e. The summed E-state index contributed by atoms with van der Waals surface area (Å²) in [6.07, 6.45) is 0. The van der Waals surface area contributed by atoms with E-state index in [2.05, 4.69) is 0 Å². The smallest absolute Gasteiger partial charge is 0.342 e. The molecule has 21 heavy (non-hydrogen) atoms. The van der Waals surface area contributed by atoms with Crippen molar-refractivity contribution in [2.24, 2.45) is 0 Å². The standard InChI is InChI=1S/C15H13F2NO3/c1-20-14-9(4-2-7-13(14)18)15(19)21-8-10-11(16)5-3-6-12(10)17/h2-7H,8,18H2,1H3. The minimum absolute atomic E-state index is 0.0919. The third-order valence-electron chi connectivity index (χ3n) is 2.88. The van der Waals surface area contributed by atoms with Crippen LogP contribution in [-0.2, 0) is 11.3 Å². The number of anilines is 1. The van der Waals surface area contributed by atoms with Crippen molar-refractivity contribution in [2.75, 3.05) is 12.8 Å². The number of esters is 1. The lowest BCUT2D eigenvalue weighted by Gasteiger charge is -2.11. The Hall–Kier alpha value is -2.63. The Balaban J connectivity index is 2.18. The van der Waals surface area contributed by atoms with Crippen LogP contribution >= 0.6 is 0 Å². The highest BCUT2D eigenvalue weighted by Crippen LogP contribution is 2.27. The number of hydrogen-bond acceptors (Lipinski definition) is 4. The molecule has 4 nitrogen and oxygen atoms in total. The number of benzene rings is 2. The van der Waals surface area contributed by atoms with Gasteiger partial charge in [0.1, 0.15) is 23.8 Å². The van der Waals surface area contributed by atoms with Crippen molar-refractivity contribution in [3.8, 4) is 5.75 Å². The van der Waals surface area contributed by atoms with E-state index in [4.69, 9.17) is 15.2 Å². The summed E-state index contributed by atoms with van der Waals surface area (Å²) in [5, 5.41) is 0. The Labute approximate surface area is 120 Å². The van der Waals surface area contributed by atoms with Gasteiger partial charge in [-0.25, -0.2) is 13.6 Å². The van der Waals surface area contributed by atoms with Crippen molar-refractivity contribution < 1.29 is 23.0 Å². The Morgan fingerprint density at radius 3 is 2.38 bits per heavy atom. The Morgan fingerprint density at radius 2 is 1.76 bits per heavy atom. The van der Waals surface area contributed by atoms with Crippen LogP contribution < -0.4 is 10.5 Å². The third-order valence-corrected chi connectivity index (χ3v) is 2.88. The summed E-state index contributed by atoms with van der Waals surface area (Å²) in [5.74, 6) is -2.16. The lowest BCUT2D eigenvalue weighted by molar-refractivity contribution is 0.0461. The Bertz CT molecular complexity index is 654. The highest BCUT2D eigenvalue weighted by atomic mass is 19.1. The number of nitrogens with two attached hydrogens (primary N) is 1. The third kappa shape index (κ3) is 3.10. The molecular formula is C15H13F2NO3. The van der Waals surface area contributed by atoms with Gasteiger partial charge in [0.25, 0.3) is 0 Å². The molecule has 2 aromatic carbocycles. The number of methoxy groups -OCH3 is 1. The molecule has 0 amide bonds. The highest BCUT2D eigenvalue weighted by molar-refractivity contribution is 5.94. The quantitative estimate of drug-likeness (QED) is 0.695. The van der Waals surface area contributed by atoms with Crippen LogP contribution in [0.1, 0.15) is 15.9 Å². The summed E-state index contributed by atoms with van der Waals surface area (Å²) >= 11 is 0. The molecule has 2 rings (SSSR count). The fraction of sp³-hybridized carbons (Fsp3) is 0.133. The second kappa shape index (κ2) is 6.21. The normalized spacial score (nSPS) is 10.2. The zero-order valence-electron chi connectivity index (χ0n) is 11.2. The second-order valence-electron chi connectivity index (χ2n) is 4.20. The lowest BCUT2D eigenvalue weighted by atomic mass is 10.1. The first-order valence-electron chi connectivity index (χ1n) is 6.07. The summed E-state index contributed by atoms with van der Waals surface area (Å²) in [4.78, 5) is 12.0. The van der Waals surface area contributed by atoms with Crippen LogP contribution in [0.4, 0.5) is 14.5 Å². The van der Waals surface area contributed by atoms with Crippen LogP contribution in [0.15, 0.2) is 36.4 Å². The molecule has 0 aliphatic rings. The predicted octanol–water partition coefficient (Wildman–Crippen LogP) is 2.91. The van der Waals surface area contributed by atoms with E-state index in [0.29, 0.717) is 0 Å². The van der Waals surface area contributed by atoms with Gasteiger partial charge in [-0.1, -0.05) is 12.1 Å². The number of ether oxygens (including phenoxy) is 2. The molecule has 0 spiro atoms. The Morgan fingerprint density at radius 1 is 1.14 bits per heavy atom. The second-order valence-corrected chi connectivity index (χ2v) is 4.20.